The number of carbonyl (C=O) groups excluding carboxylic acids is 1. The van der Waals surface area contributed by atoms with Crippen LogP contribution in [0.15, 0.2) is 18.2 Å². The molecule has 0 bridgehead atoms. The molecule has 0 aliphatic rings. The Hall–Kier alpha value is -1.39. The fourth-order valence-corrected chi connectivity index (χ4v) is 1.68. The molecule has 0 amide bonds. The Morgan fingerprint density at radius 3 is 2.50 bits per heavy atom. The van der Waals surface area contributed by atoms with Crippen LogP contribution in [0.25, 0.3) is 0 Å². The third-order valence-corrected chi connectivity index (χ3v) is 2.65. The lowest BCUT2D eigenvalue weighted by Gasteiger charge is -2.19. The van der Waals surface area contributed by atoms with Crippen LogP contribution in [0, 0.1) is 6.92 Å². The smallest absolute Gasteiger partial charge is 0.192 e. The van der Waals surface area contributed by atoms with Crippen molar-refractivity contribution in [3.8, 4) is 5.75 Å². The fourth-order valence-electron chi connectivity index (χ4n) is 1.68. The highest BCUT2D eigenvalue weighted by molar-refractivity contribution is 5.99. The largest absolute Gasteiger partial charge is 0.496 e. The van der Waals surface area contributed by atoms with Gasteiger partial charge >= 0.3 is 0 Å². The van der Waals surface area contributed by atoms with Crippen molar-refractivity contribution in [3.05, 3.63) is 29.3 Å². The van der Waals surface area contributed by atoms with Crippen LogP contribution in [0.4, 0.5) is 0 Å². The molecule has 0 saturated carbocycles. The average molecular weight is 280 g/mol. The summed E-state index contributed by atoms with van der Waals surface area (Å²) in [5, 5.41) is 0. The van der Waals surface area contributed by atoms with Crippen molar-refractivity contribution in [2.45, 2.75) is 33.3 Å². The minimum Gasteiger partial charge on any atom is -0.496 e. The Balaban J connectivity index is 2.44. The van der Waals surface area contributed by atoms with Gasteiger partial charge in [-0.1, -0.05) is 6.07 Å². The molecule has 0 fully saturated rings. The lowest BCUT2D eigenvalue weighted by atomic mass is 10.1. The second-order valence-corrected chi connectivity index (χ2v) is 5.64. The van der Waals surface area contributed by atoms with Gasteiger partial charge < -0.3 is 14.2 Å². The minimum absolute atomic E-state index is 0.0346. The second kappa shape index (κ2) is 7.41. The summed E-state index contributed by atoms with van der Waals surface area (Å²) >= 11 is 0. The van der Waals surface area contributed by atoms with Gasteiger partial charge in [0.1, 0.15) is 12.4 Å². The molecule has 0 saturated heterocycles. The highest BCUT2D eigenvalue weighted by Gasteiger charge is 2.13. The van der Waals surface area contributed by atoms with Crippen LogP contribution in [0.5, 0.6) is 5.75 Å². The number of ether oxygens (including phenoxy) is 3. The average Bonchev–Trinajstić information content (AvgIpc) is 2.36. The van der Waals surface area contributed by atoms with Crippen LogP contribution in [-0.4, -0.2) is 38.3 Å². The molecule has 0 radical (unpaired) electrons. The number of hydrogen-bond acceptors (Lipinski definition) is 4. The van der Waals surface area contributed by atoms with Crippen LogP contribution in [-0.2, 0) is 9.47 Å². The molecule has 4 nitrogen and oxygen atoms in total. The van der Waals surface area contributed by atoms with Crippen molar-refractivity contribution in [2.24, 2.45) is 0 Å². The van der Waals surface area contributed by atoms with Crippen LogP contribution in [0.2, 0.25) is 0 Å². The molecule has 0 N–H and O–H groups in total. The number of carbonyl (C=O) groups is 1. The van der Waals surface area contributed by atoms with E-state index in [0.29, 0.717) is 24.5 Å². The third-order valence-electron chi connectivity index (χ3n) is 2.65. The Labute approximate surface area is 121 Å². The minimum atomic E-state index is -0.187. The summed E-state index contributed by atoms with van der Waals surface area (Å²) in [6, 6.07) is 5.50. The number of ketones is 1. The zero-order valence-corrected chi connectivity index (χ0v) is 13.0. The molecule has 1 aromatic rings. The molecule has 20 heavy (non-hydrogen) atoms. The molecular weight excluding hydrogens is 256 g/mol. The van der Waals surface area contributed by atoms with E-state index in [1.54, 1.807) is 13.2 Å². The van der Waals surface area contributed by atoms with Crippen LogP contribution in [0.1, 0.15) is 36.7 Å². The van der Waals surface area contributed by atoms with Crippen LogP contribution in [0.3, 0.4) is 0 Å². The van der Waals surface area contributed by atoms with Crippen LogP contribution >= 0.6 is 0 Å². The SMILES string of the molecule is COc1cc(C)ccc1C(=O)COCCOC(C)(C)C. The molecule has 4 heteroatoms. The van der Waals surface area contributed by atoms with Gasteiger partial charge in [-0.2, -0.15) is 0 Å². The molecule has 1 rings (SSSR count). The summed E-state index contributed by atoms with van der Waals surface area (Å²) in [6.45, 7) is 8.81. The van der Waals surface area contributed by atoms with E-state index in [1.807, 2.05) is 39.8 Å². The Morgan fingerprint density at radius 1 is 1.20 bits per heavy atom. The number of methoxy groups -OCH3 is 1. The lowest BCUT2D eigenvalue weighted by Crippen LogP contribution is -2.22. The van der Waals surface area contributed by atoms with Gasteiger partial charge in [-0.25, -0.2) is 0 Å². The Bertz CT molecular complexity index is 446. The van der Waals surface area contributed by atoms with Gasteiger partial charge in [-0.05, 0) is 45.4 Å². The highest BCUT2D eigenvalue weighted by atomic mass is 16.5. The van der Waals surface area contributed by atoms with E-state index in [9.17, 15) is 4.79 Å². The van der Waals surface area contributed by atoms with Gasteiger partial charge in [-0.15, -0.1) is 0 Å². The third kappa shape index (κ3) is 5.72. The van der Waals surface area contributed by atoms with E-state index in [0.717, 1.165) is 5.56 Å². The van der Waals surface area contributed by atoms with E-state index in [1.165, 1.54) is 0 Å². The van der Waals surface area contributed by atoms with Crippen LogP contribution < -0.4 is 4.74 Å². The number of hydrogen-bond donors (Lipinski definition) is 0. The van der Waals surface area contributed by atoms with E-state index in [2.05, 4.69) is 0 Å². The predicted octanol–water partition coefficient (Wildman–Crippen LogP) is 3.02. The van der Waals surface area contributed by atoms with Gasteiger partial charge in [0.05, 0.1) is 31.5 Å². The molecule has 0 unspecified atom stereocenters. The van der Waals surface area contributed by atoms with E-state index in [-0.39, 0.29) is 18.0 Å². The molecule has 0 aromatic heterocycles. The van der Waals surface area contributed by atoms with Gasteiger partial charge in [-0.3, -0.25) is 4.79 Å². The molecule has 0 aliphatic carbocycles. The Morgan fingerprint density at radius 2 is 1.90 bits per heavy atom. The van der Waals surface area contributed by atoms with Crippen molar-refractivity contribution < 1.29 is 19.0 Å². The quantitative estimate of drug-likeness (QED) is 0.569. The molecule has 1 aromatic carbocycles. The molecule has 0 aliphatic heterocycles. The predicted molar refractivity (Wildman–Crippen MR) is 78.6 cm³/mol. The number of rotatable bonds is 7. The van der Waals surface area contributed by atoms with Gasteiger partial charge in [0.25, 0.3) is 0 Å². The van der Waals surface area contributed by atoms with E-state index in [4.69, 9.17) is 14.2 Å². The monoisotopic (exact) mass is 280 g/mol. The number of Topliss-reactive ketones (excluding diaryl/α,β-unsaturated/α-hetero) is 1. The maximum atomic E-state index is 12.0. The van der Waals surface area contributed by atoms with Crippen molar-refractivity contribution >= 4 is 5.78 Å². The standard InChI is InChI=1S/C16H24O4/c1-12-6-7-13(15(10-12)18-5)14(17)11-19-8-9-20-16(2,3)4/h6-7,10H,8-9,11H2,1-5H3. The molecule has 0 atom stereocenters. The summed E-state index contributed by atoms with van der Waals surface area (Å²) in [5.74, 6) is 0.502. The van der Waals surface area contributed by atoms with Crippen molar-refractivity contribution in [1.29, 1.82) is 0 Å². The zero-order chi connectivity index (χ0) is 15.2. The first-order valence-corrected chi connectivity index (χ1v) is 6.73. The zero-order valence-electron chi connectivity index (χ0n) is 13.0. The van der Waals surface area contributed by atoms with Gasteiger partial charge in [0.15, 0.2) is 5.78 Å². The maximum Gasteiger partial charge on any atom is 0.192 e. The molecule has 0 spiro atoms. The van der Waals surface area contributed by atoms with E-state index < -0.39 is 0 Å². The number of benzene rings is 1. The first-order valence-electron chi connectivity index (χ1n) is 6.73. The first kappa shape index (κ1) is 16.7. The summed E-state index contributed by atoms with van der Waals surface area (Å²) in [5.41, 5.74) is 1.42. The first-order chi connectivity index (χ1) is 9.33. The summed E-state index contributed by atoms with van der Waals surface area (Å²) in [4.78, 5) is 12.0. The van der Waals surface area contributed by atoms with Gasteiger partial charge in [0.2, 0.25) is 0 Å². The Kier molecular flexibility index (Phi) is 6.17. The van der Waals surface area contributed by atoms with Crippen molar-refractivity contribution in [3.63, 3.8) is 0 Å². The van der Waals surface area contributed by atoms with E-state index >= 15 is 0 Å². The molecule has 112 valence electrons. The van der Waals surface area contributed by atoms with Gasteiger partial charge in [0, 0.05) is 0 Å². The molecule has 0 heterocycles. The van der Waals surface area contributed by atoms with Crippen molar-refractivity contribution in [2.75, 3.05) is 26.9 Å². The highest BCUT2D eigenvalue weighted by Crippen LogP contribution is 2.20. The molecular formula is C16H24O4. The lowest BCUT2D eigenvalue weighted by molar-refractivity contribution is -0.0324. The summed E-state index contributed by atoms with van der Waals surface area (Å²) in [7, 11) is 1.56. The topological polar surface area (TPSA) is 44.8 Å². The fraction of sp³-hybridized carbons (Fsp3) is 0.562. The summed E-state index contributed by atoms with van der Waals surface area (Å²) in [6.07, 6.45) is 0. The van der Waals surface area contributed by atoms with Crippen molar-refractivity contribution in [1.82, 2.24) is 0 Å². The summed E-state index contributed by atoms with van der Waals surface area (Å²) < 4.78 is 16.1. The second-order valence-electron chi connectivity index (χ2n) is 5.64. The maximum absolute atomic E-state index is 12.0. The normalized spacial score (nSPS) is 11.4. The number of aryl methyl sites for hydroxylation is 1.